The smallest absolute Gasteiger partial charge is 0.208 e. The zero-order chi connectivity index (χ0) is 17.1. The van der Waals surface area contributed by atoms with Gasteiger partial charge in [0, 0.05) is 36.8 Å². The molecular formula is C20H26N2O3. The zero-order valence-electron chi connectivity index (χ0n) is 14.7. The van der Waals surface area contributed by atoms with E-state index in [1.165, 1.54) is 0 Å². The highest BCUT2D eigenvalue weighted by atomic mass is 16.5. The van der Waals surface area contributed by atoms with Crippen molar-refractivity contribution in [2.24, 2.45) is 5.41 Å². The van der Waals surface area contributed by atoms with E-state index < -0.39 is 0 Å². The van der Waals surface area contributed by atoms with Crippen molar-refractivity contribution in [3.63, 3.8) is 0 Å². The molecule has 2 fully saturated rings. The van der Waals surface area contributed by atoms with Crippen LogP contribution in [0.5, 0.6) is 0 Å². The van der Waals surface area contributed by atoms with Crippen LogP contribution in [0.25, 0.3) is 11.3 Å². The van der Waals surface area contributed by atoms with E-state index in [0.717, 1.165) is 56.3 Å². The van der Waals surface area contributed by atoms with Crippen LogP contribution in [-0.4, -0.2) is 37.0 Å². The Morgan fingerprint density at radius 2 is 2.04 bits per heavy atom. The van der Waals surface area contributed by atoms with Crippen LogP contribution in [0.2, 0.25) is 0 Å². The van der Waals surface area contributed by atoms with Crippen LogP contribution >= 0.6 is 0 Å². The van der Waals surface area contributed by atoms with Crippen LogP contribution in [0.3, 0.4) is 0 Å². The molecule has 2 unspecified atom stereocenters. The van der Waals surface area contributed by atoms with Gasteiger partial charge in [-0.1, -0.05) is 30.3 Å². The van der Waals surface area contributed by atoms with Crippen molar-refractivity contribution >= 4 is 0 Å². The Morgan fingerprint density at radius 1 is 1.24 bits per heavy atom. The molecule has 5 nitrogen and oxygen atoms in total. The van der Waals surface area contributed by atoms with E-state index in [-0.39, 0.29) is 5.41 Å². The molecule has 2 aliphatic rings. The van der Waals surface area contributed by atoms with Gasteiger partial charge in [-0.3, -0.25) is 0 Å². The molecule has 2 heterocycles. The van der Waals surface area contributed by atoms with Gasteiger partial charge in [0.25, 0.3) is 0 Å². The quantitative estimate of drug-likeness (QED) is 0.872. The second-order valence-corrected chi connectivity index (χ2v) is 6.94. The van der Waals surface area contributed by atoms with Crippen molar-refractivity contribution in [2.75, 3.05) is 19.8 Å². The number of nitrogens with one attached hydrogen (secondary N) is 1. The molecule has 2 aromatic rings. The molecule has 2 atom stereocenters. The highest BCUT2D eigenvalue weighted by Gasteiger charge is 2.55. The summed E-state index contributed by atoms with van der Waals surface area (Å²) in [5.74, 6) is 1.56. The van der Waals surface area contributed by atoms with Gasteiger partial charge in [-0.15, -0.1) is 0 Å². The number of rotatable bonds is 6. The maximum absolute atomic E-state index is 5.98. The summed E-state index contributed by atoms with van der Waals surface area (Å²) in [7, 11) is 0. The number of oxazole rings is 1. The molecular weight excluding hydrogens is 316 g/mol. The largest absolute Gasteiger partial charge is 0.439 e. The Balaban J connectivity index is 1.39. The lowest BCUT2D eigenvalue weighted by atomic mass is 9.57. The number of hydrogen-bond acceptors (Lipinski definition) is 5. The average Bonchev–Trinajstić information content (AvgIpc) is 3.14. The fourth-order valence-corrected chi connectivity index (χ4v) is 4.23. The summed E-state index contributed by atoms with van der Waals surface area (Å²) in [6.07, 6.45) is 5.34. The molecule has 1 saturated heterocycles. The Morgan fingerprint density at radius 3 is 2.80 bits per heavy atom. The van der Waals surface area contributed by atoms with Gasteiger partial charge in [-0.25, -0.2) is 4.98 Å². The Hall–Kier alpha value is -1.69. The Bertz CT molecular complexity index is 679. The summed E-state index contributed by atoms with van der Waals surface area (Å²) in [4.78, 5) is 4.43. The molecule has 1 spiro atoms. The number of hydrogen-bond donors (Lipinski definition) is 1. The molecule has 0 bridgehead atoms. The van der Waals surface area contributed by atoms with Gasteiger partial charge < -0.3 is 19.2 Å². The minimum absolute atomic E-state index is 0.211. The molecule has 0 radical (unpaired) electrons. The lowest BCUT2D eigenvalue weighted by Gasteiger charge is -2.57. The van der Waals surface area contributed by atoms with Crippen LogP contribution in [0.15, 0.2) is 40.9 Å². The summed E-state index contributed by atoms with van der Waals surface area (Å²) in [5.41, 5.74) is 1.27. The molecule has 1 aliphatic carbocycles. The SMILES string of the molecule is CCOC1CC(NCc2ncc(-c3ccccc3)o2)C12CCOCC2. The predicted molar refractivity (Wildman–Crippen MR) is 95.1 cm³/mol. The van der Waals surface area contributed by atoms with E-state index >= 15 is 0 Å². The topological polar surface area (TPSA) is 56.5 Å². The first-order valence-corrected chi connectivity index (χ1v) is 9.24. The highest BCUT2D eigenvalue weighted by Crippen LogP contribution is 2.50. The molecule has 1 saturated carbocycles. The number of nitrogens with zero attached hydrogens (tertiary/aromatic N) is 1. The zero-order valence-corrected chi connectivity index (χ0v) is 14.7. The minimum atomic E-state index is 0.211. The lowest BCUT2D eigenvalue weighted by molar-refractivity contribution is -0.173. The third-order valence-electron chi connectivity index (χ3n) is 5.69. The van der Waals surface area contributed by atoms with Gasteiger partial charge in [0.15, 0.2) is 5.76 Å². The molecule has 134 valence electrons. The first kappa shape index (κ1) is 16.8. The average molecular weight is 342 g/mol. The van der Waals surface area contributed by atoms with Gasteiger partial charge in [0.2, 0.25) is 5.89 Å². The van der Waals surface area contributed by atoms with Crippen LogP contribution in [0.4, 0.5) is 0 Å². The van der Waals surface area contributed by atoms with Crippen molar-refractivity contribution in [3.8, 4) is 11.3 Å². The molecule has 1 aliphatic heterocycles. The van der Waals surface area contributed by atoms with Gasteiger partial charge in [-0.05, 0) is 26.2 Å². The van der Waals surface area contributed by atoms with Crippen LogP contribution < -0.4 is 5.32 Å². The number of ether oxygens (including phenoxy) is 2. The fourth-order valence-electron chi connectivity index (χ4n) is 4.23. The minimum Gasteiger partial charge on any atom is -0.439 e. The molecule has 0 amide bonds. The van der Waals surface area contributed by atoms with Crippen molar-refractivity contribution in [1.82, 2.24) is 10.3 Å². The number of aromatic nitrogens is 1. The van der Waals surface area contributed by atoms with Gasteiger partial charge in [0.05, 0.1) is 18.8 Å². The second kappa shape index (κ2) is 7.28. The lowest BCUT2D eigenvalue weighted by Crippen LogP contribution is -2.65. The predicted octanol–water partition coefficient (Wildman–Crippen LogP) is 3.41. The van der Waals surface area contributed by atoms with Crippen molar-refractivity contribution < 1.29 is 13.9 Å². The van der Waals surface area contributed by atoms with E-state index in [2.05, 4.69) is 17.2 Å². The maximum atomic E-state index is 5.98. The van der Waals surface area contributed by atoms with Gasteiger partial charge >= 0.3 is 0 Å². The summed E-state index contributed by atoms with van der Waals surface area (Å²) in [5, 5.41) is 3.66. The fraction of sp³-hybridized carbons (Fsp3) is 0.550. The van der Waals surface area contributed by atoms with Crippen LogP contribution in [0.1, 0.15) is 32.1 Å². The van der Waals surface area contributed by atoms with E-state index in [1.807, 2.05) is 30.3 Å². The molecule has 1 aromatic heterocycles. The maximum Gasteiger partial charge on any atom is 0.208 e. The summed E-state index contributed by atoms with van der Waals surface area (Å²) in [6, 6.07) is 10.5. The van der Waals surface area contributed by atoms with E-state index in [0.29, 0.717) is 18.7 Å². The van der Waals surface area contributed by atoms with Gasteiger partial charge in [-0.2, -0.15) is 0 Å². The standard InChI is InChI=1S/C20H26N2O3/c1-2-24-18-12-17(20(18)8-10-23-11-9-20)21-14-19-22-13-16(25-19)15-6-4-3-5-7-15/h3-7,13,17-18,21H,2,8-12,14H2,1H3. The van der Waals surface area contributed by atoms with Crippen LogP contribution in [0, 0.1) is 5.41 Å². The van der Waals surface area contributed by atoms with Gasteiger partial charge in [0.1, 0.15) is 0 Å². The molecule has 1 aromatic carbocycles. The monoisotopic (exact) mass is 342 g/mol. The van der Waals surface area contributed by atoms with Crippen molar-refractivity contribution in [2.45, 2.75) is 44.9 Å². The third kappa shape index (κ3) is 3.24. The Kier molecular flexibility index (Phi) is 4.88. The van der Waals surface area contributed by atoms with E-state index in [4.69, 9.17) is 13.9 Å². The Labute approximate surface area is 148 Å². The molecule has 1 N–H and O–H groups in total. The van der Waals surface area contributed by atoms with E-state index in [1.54, 1.807) is 6.20 Å². The van der Waals surface area contributed by atoms with Crippen molar-refractivity contribution in [1.29, 1.82) is 0 Å². The molecule has 4 rings (SSSR count). The number of benzene rings is 1. The normalized spacial score (nSPS) is 25.0. The third-order valence-corrected chi connectivity index (χ3v) is 5.69. The first-order chi connectivity index (χ1) is 12.3. The second-order valence-electron chi connectivity index (χ2n) is 6.94. The van der Waals surface area contributed by atoms with E-state index in [9.17, 15) is 0 Å². The first-order valence-electron chi connectivity index (χ1n) is 9.24. The molecule has 25 heavy (non-hydrogen) atoms. The summed E-state index contributed by atoms with van der Waals surface area (Å²) < 4.78 is 17.5. The summed E-state index contributed by atoms with van der Waals surface area (Å²) in [6.45, 7) is 5.17. The van der Waals surface area contributed by atoms with Crippen molar-refractivity contribution in [3.05, 3.63) is 42.4 Å². The highest BCUT2D eigenvalue weighted by molar-refractivity contribution is 5.55. The van der Waals surface area contributed by atoms with Crippen LogP contribution in [-0.2, 0) is 16.0 Å². The summed E-state index contributed by atoms with van der Waals surface area (Å²) >= 11 is 0. The molecule has 5 heteroatoms.